The number of sulfonamides is 1. The van der Waals surface area contributed by atoms with Crippen molar-refractivity contribution >= 4 is 43.4 Å². The van der Waals surface area contributed by atoms with Gasteiger partial charge in [0.2, 0.25) is 0 Å². The van der Waals surface area contributed by atoms with E-state index < -0.39 is 39.3 Å². The Bertz CT molecular complexity index is 1470. The highest BCUT2D eigenvalue weighted by atomic mass is 32.2. The smallest absolute Gasteiger partial charge is 0.251 e. The predicted octanol–water partition coefficient (Wildman–Crippen LogP) is 2.29. The van der Waals surface area contributed by atoms with Crippen LogP contribution in [0.25, 0.3) is 26.8 Å². The van der Waals surface area contributed by atoms with E-state index in [0.29, 0.717) is 10.5 Å². The molecule has 9 nitrogen and oxygen atoms in total. The molecule has 1 aliphatic rings. The minimum Gasteiger partial charge on any atom is -0.388 e. The Morgan fingerprint density at radius 1 is 1.11 bits per heavy atom. The average molecular weight is 544 g/mol. The van der Waals surface area contributed by atoms with Crippen LogP contribution >= 0.6 is 11.3 Å². The van der Waals surface area contributed by atoms with E-state index in [9.17, 15) is 29.0 Å². The highest BCUT2D eigenvalue weighted by molar-refractivity contribution is 7.93. The van der Waals surface area contributed by atoms with E-state index in [4.69, 9.17) is 4.74 Å². The zero-order valence-corrected chi connectivity index (χ0v) is 22.3. The number of nitrogens with one attached hydrogen (secondary N) is 1. The minimum absolute atomic E-state index is 0.242. The topological polar surface area (TPSA) is 143 Å². The molecule has 1 aliphatic heterocycles. The summed E-state index contributed by atoms with van der Waals surface area (Å²) in [5.41, 5.74) is 2.39. The van der Waals surface area contributed by atoms with Gasteiger partial charge in [-0.25, -0.2) is 13.1 Å². The number of aliphatic hydroxyl groups is 3. The fraction of sp³-hybridized carbons (Fsp3) is 0.346. The molecule has 1 aromatic heterocycles. The Hall–Kier alpha value is -2.82. The molecule has 1 saturated heterocycles. The van der Waals surface area contributed by atoms with Crippen molar-refractivity contribution in [3.05, 3.63) is 58.3 Å². The molecular weight excluding hydrogens is 514 g/mol. The Kier molecular flexibility index (Phi) is 8.01. The average Bonchev–Trinajstić information content (AvgIpc) is 3.37. The summed E-state index contributed by atoms with van der Waals surface area (Å²) >= 11 is 1.38. The van der Waals surface area contributed by atoms with Crippen LogP contribution in [0.1, 0.15) is 11.8 Å². The Morgan fingerprint density at radius 3 is 2.51 bits per heavy atom. The highest BCUT2D eigenvalue weighted by Gasteiger charge is 2.38. The quantitative estimate of drug-likeness (QED) is 0.333. The molecule has 0 amide bonds. The molecule has 1 fully saturated rings. The largest absolute Gasteiger partial charge is 0.388 e. The molecule has 3 aromatic rings. The van der Waals surface area contributed by atoms with Gasteiger partial charge >= 0.3 is 0 Å². The Labute approximate surface area is 219 Å². The van der Waals surface area contributed by atoms with E-state index >= 15 is 0 Å². The Morgan fingerprint density at radius 2 is 1.81 bits per heavy atom. The maximum atomic E-state index is 12.9. The van der Waals surface area contributed by atoms with Crippen LogP contribution in [0.4, 0.5) is 5.69 Å². The monoisotopic (exact) mass is 543 g/mol. The summed E-state index contributed by atoms with van der Waals surface area (Å²) in [4.78, 5) is 3.16. The van der Waals surface area contributed by atoms with Crippen LogP contribution in [0.15, 0.2) is 53.4 Å². The lowest BCUT2D eigenvalue weighted by atomic mass is 10.0. The number of hydrogen-bond donors (Lipinski definition) is 4. The lowest BCUT2D eigenvalue weighted by molar-refractivity contribution is -0.184. The van der Waals surface area contributed by atoms with Gasteiger partial charge in [0.15, 0.2) is 4.91 Å². The number of anilines is 1. The van der Waals surface area contributed by atoms with Gasteiger partial charge in [-0.3, -0.25) is 0 Å². The van der Waals surface area contributed by atoms with Gasteiger partial charge in [-0.15, -0.1) is 11.3 Å². The first-order valence-electron chi connectivity index (χ1n) is 11.6. The molecule has 4 rings (SSSR count). The van der Waals surface area contributed by atoms with Gasteiger partial charge in [0, 0.05) is 36.1 Å². The predicted molar refractivity (Wildman–Crippen MR) is 144 cm³/mol. The van der Waals surface area contributed by atoms with Crippen molar-refractivity contribution in [3.63, 3.8) is 0 Å². The first kappa shape index (κ1) is 27.2. The van der Waals surface area contributed by atoms with Crippen LogP contribution in [-0.4, -0.2) is 75.4 Å². The van der Waals surface area contributed by atoms with Crippen molar-refractivity contribution in [2.75, 3.05) is 32.1 Å². The van der Waals surface area contributed by atoms with Crippen LogP contribution in [0.2, 0.25) is 0 Å². The minimum atomic E-state index is -4.23. The molecule has 11 heteroatoms. The fourth-order valence-corrected chi connectivity index (χ4v) is 6.36. The number of fused-ring (bicyclic) bond motifs is 1. The molecule has 0 bridgehead atoms. The molecule has 0 saturated carbocycles. The zero-order valence-electron chi connectivity index (χ0n) is 20.6. The molecule has 4 atom stereocenters. The summed E-state index contributed by atoms with van der Waals surface area (Å²) in [6.07, 6.45) is -5.25. The molecule has 2 aromatic carbocycles. The van der Waals surface area contributed by atoms with Crippen LogP contribution < -0.4 is 9.62 Å². The van der Waals surface area contributed by atoms with Crippen molar-refractivity contribution in [1.82, 2.24) is 4.72 Å². The maximum Gasteiger partial charge on any atom is 0.251 e. The summed E-state index contributed by atoms with van der Waals surface area (Å²) in [7, 11) is -0.248. The third-order valence-electron chi connectivity index (χ3n) is 6.39. The number of allylic oxidation sites excluding steroid dienone is 2. The van der Waals surface area contributed by atoms with Crippen LogP contribution in [0.5, 0.6) is 0 Å². The first-order valence-corrected chi connectivity index (χ1v) is 13.9. The van der Waals surface area contributed by atoms with Gasteiger partial charge in [-0.2, -0.15) is 5.26 Å². The number of aliphatic hydroxyl groups excluding tert-OH is 3. The number of nitriles is 1. The molecule has 196 valence electrons. The van der Waals surface area contributed by atoms with Crippen LogP contribution in [0.3, 0.4) is 0 Å². The summed E-state index contributed by atoms with van der Waals surface area (Å²) in [5, 5.41) is 41.3. The number of thiophene rings is 1. The number of nitrogens with zero attached hydrogens (tertiary/aromatic N) is 2. The number of benzene rings is 2. The molecule has 0 radical (unpaired) electrons. The van der Waals surface area contributed by atoms with Crippen molar-refractivity contribution < 1.29 is 28.5 Å². The van der Waals surface area contributed by atoms with Gasteiger partial charge in [0.1, 0.15) is 24.4 Å². The third-order valence-corrected chi connectivity index (χ3v) is 9.13. The van der Waals surface area contributed by atoms with Crippen molar-refractivity contribution in [2.24, 2.45) is 0 Å². The van der Waals surface area contributed by atoms with Gasteiger partial charge in [0.05, 0.1) is 12.7 Å². The Balaban J connectivity index is 1.55. The lowest BCUT2D eigenvalue weighted by Crippen LogP contribution is -2.56. The zero-order chi connectivity index (χ0) is 26.9. The van der Waals surface area contributed by atoms with Crippen LogP contribution in [-0.2, 0) is 14.8 Å². The third kappa shape index (κ3) is 5.71. The standard InChI is InChI=1S/C26H29N3O6S2/c1-15(24(12-27)37(33,34)28-13-21-26(32)25(31)20(30)14-35-21)22-8-9-23(36-22)18-5-4-17-11-19(29(2)3)7-6-16(17)10-18/h4-11,20-21,25-26,28,30-32H,13-14H2,1-3H3/b24-15+/t20-,21+,25+,26+/m0/s1. The SMILES string of the molecule is C/C(=C(/C#N)S(=O)(=O)NC[C@H]1OC[C@H](O)[C@@H](O)[C@@H]1O)c1ccc(-c2ccc3cc(N(C)C)ccc3c2)s1. The summed E-state index contributed by atoms with van der Waals surface area (Å²) in [6.45, 7) is 0.963. The van der Waals surface area contributed by atoms with Crippen molar-refractivity contribution in [3.8, 4) is 16.5 Å². The second-order valence-electron chi connectivity index (χ2n) is 9.14. The van der Waals surface area contributed by atoms with E-state index in [1.807, 2.05) is 37.2 Å². The summed E-state index contributed by atoms with van der Waals surface area (Å²) in [6, 6.07) is 17.8. The second-order valence-corrected chi connectivity index (χ2v) is 11.9. The lowest BCUT2D eigenvalue weighted by Gasteiger charge is -2.35. The highest BCUT2D eigenvalue weighted by Crippen LogP contribution is 2.35. The fourth-order valence-electron chi connectivity index (χ4n) is 4.13. The molecule has 4 N–H and O–H groups in total. The van der Waals surface area contributed by atoms with E-state index in [2.05, 4.69) is 29.0 Å². The first-order chi connectivity index (χ1) is 17.5. The number of hydrogen-bond acceptors (Lipinski definition) is 9. The molecule has 0 aliphatic carbocycles. The van der Waals surface area contributed by atoms with Gasteiger partial charge in [-0.1, -0.05) is 18.2 Å². The molecule has 2 heterocycles. The maximum absolute atomic E-state index is 12.9. The summed E-state index contributed by atoms with van der Waals surface area (Å²) in [5.74, 6) is 0. The molecule has 0 unspecified atom stereocenters. The van der Waals surface area contributed by atoms with Gasteiger partial charge in [0.25, 0.3) is 10.0 Å². The van der Waals surface area contributed by atoms with Crippen molar-refractivity contribution in [2.45, 2.75) is 31.3 Å². The second kappa shape index (κ2) is 10.9. The van der Waals surface area contributed by atoms with Crippen LogP contribution in [0, 0.1) is 11.3 Å². The van der Waals surface area contributed by atoms with E-state index in [1.54, 1.807) is 19.1 Å². The molecule has 37 heavy (non-hydrogen) atoms. The summed E-state index contributed by atoms with van der Waals surface area (Å²) < 4.78 is 33.4. The number of rotatable bonds is 7. The normalized spacial score (nSPS) is 22.9. The number of ether oxygens (including phenoxy) is 1. The molecule has 0 spiro atoms. The van der Waals surface area contributed by atoms with Gasteiger partial charge in [-0.05, 0) is 59.2 Å². The van der Waals surface area contributed by atoms with E-state index in [0.717, 1.165) is 26.9 Å². The molecular formula is C26H29N3O6S2. The van der Waals surface area contributed by atoms with E-state index in [-0.39, 0.29) is 13.2 Å². The van der Waals surface area contributed by atoms with Crippen molar-refractivity contribution in [1.29, 1.82) is 5.26 Å². The van der Waals surface area contributed by atoms with E-state index in [1.165, 1.54) is 11.3 Å². The van der Waals surface area contributed by atoms with Gasteiger partial charge < -0.3 is 25.0 Å².